The third kappa shape index (κ3) is 24.7. The molecule has 0 aromatic heterocycles. The van der Waals surface area contributed by atoms with Crippen molar-refractivity contribution in [3.05, 3.63) is 0 Å². The number of aliphatic carboxylic acids is 1. The van der Waals surface area contributed by atoms with E-state index in [-0.39, 0.29) is 12.8 Å². The van der Waals surface area contributed by atoms with Crippen molar-refractivity contribution < 1.29 is 89.5 Å². The molecule has 2 heterocycles. The van der Waals surface area contributed by atoms with E-state index in [9.17, 15) is 70.6 Å². The van der Waals surface area contributed by atoms with Crippen LogP contribution in [0.15, 0.2) is 0 Å². The van der Waals surface area contributed by atoms with Crippen molar-refractivity contribution in [1.29, 1.82) is 0 Å². The zero-order valence-corrected chi connectivity index (χ0v) is 43.6. The number of aliphatic hydroxyl groups is 10. The molecule has 20 heteroatoms. The number of unbranched alkanes of at least 4 members (excludes halogenated alkanes) is 24. The first-order valence-corrected chi connectivity index (χ1v) is 27.6. The van der Waals surface area contributed by atoms with Gasteiger partial charge in [0.15, 0.2) is 6.29 Å². The predicted octanol–water partition coefficient (Wildman–Crippen LogP) is 3.12. The summed E-state index contributed by atoms with van der Waals surface area (Å²) in [6.45, 7) is 0.858. The van der Waals surface area contributed by atoms with E-state index in [4.69, 9.17) is 18.9 Å². The molecule has 0 bridgehead atoms. The molecule has 14 unspecified atom stereocenters. The summed E-state index contributed by atoms with van der Waals surface area (Å²) < 4.78 is 22.8. The summed E-state index contributed by atoms with van der Waals surface area (Å²) in [5, 5.41) is 121. The highest BCUT2D eigenvalue weighted by Gasteiger charge is 2.57. The molecule has 2 amide bonds. The molecule has 424 valence electrons. The Kier molecular flexibility index (Phi) is 35.2. The molecular weight excluding hydrogens is 941 g/mol. The third-order valence-corrected chi connectivity index (χ3v) is 14.1. The number of aliphatic hydroxyl groups excluding tert-OH is 10. The molecule has 0 saturated carbocycles. The maximum atomic E-state index is 13.3. The van der Waals surface area contributed by atoms with Gasteiger partial charge in [0.1, 0.15) is 55.4 Å². The first-order chi connectivity index (χ1) is 34.6. The Hall–Kier alpha value is -2.15. The Morgan fingerprint density at radius 2 is 1.12 bits per heavy atom. The van der Waals surface area contributed by atoms with E-state index < -0.39 is 136 Å². The number of ether oxygens (including phenoxy) is 4. The van der Waals surface area contributed by atoms with Crippen molar-refractivity contribution in [3.8, 4) is 0 Å². The molecule has 2 fully saturated rings. The van der Waals surface area contributed by atoms with Crippen LogP contribution in [0.25, 0.3) is 0 Å². The van der Waals surface area contributed by atoms with Crippen LogP contribution in [0.2, 0.25) is 0 Å². The van der Waals surface area contributed by atoms with Crippen molar-refractivity contribution in [2.75, 3.05) is 26.4 Å². The van der Waals surface area contributed by atoms with Crippen molar-refractivity contribution in [3.63, 3.8) is 0 Å². The lowest BCUT2D eigenvalue weighted by Crippen LogP contribution is -2.68. The fourth-order valence-corrected chi connectivity index (χ4v) is 9.50. The number of hydrogen-bond donors (Lipinski definition) is 13. The number of rotatable bonds is 43. The third-order valence-electron chi connectivity index (χ3n) is 14.1. The molecule has 2 aliphatic rings. The Labute approximate surface area is 428 Å². The van der Waals surface area contributed by atoms with Crippen LogP contribution >= 0.6 is 0 Å². The Morgan fingerprint density at radius 1 is 0.639 bits per heavy atom. The Morgan fingerprint density at radius 3 is 1.60 bits per heavy atom. The summed E-state index contributed by atoms with van der Waals surface area (Å²) in [4.78, 5) is 38.1. The van der Waals surface area contributed by atoms with Gasteiger partial charge in [0.2, 0.25) is 11.8 Å². The van der Waals surface area contributed by atoms with Crippen molar-refractivity contribution in [2.45, 2.75) is 285 Å². The molecule has 0 aromatic rings. The van der Waals surface area contributed by atoms with Gasteiger partial charge in [0.05, 0.1) is 44.1 Å². The van der Waals surface area contributed by atoms with Crippen LogP contribution in [-0.2, 0) is 33.3 Å². The number of hydrogen-bond acceptors (Lipinski definition) is 17. The maximum Gasteiger partial charge on any atom is 0.364 e. The molecule has 0 aromatic carbocycles. The maximum absolute atomic E-state index is 13.3. The molecule has 14 atom stereocenters. The van der Waals surface area contributed by atoms with Gasteiger partial charge in [-0.25, -0.2) is 4.79 Å². The van der Waals surface area contributed by atoms with Gasteiger partial charge in [-0.2, -0.15) is 0 Å². The van der Waals surface area contributed by atoms with Crippen LogP contribution in [0.4, 0.5) is 0 Å². The Bertz CT molecular complexity index is 1420. The highest BCUT2D eigenvalue weighted by molar-refractivity contribution is 5.78. The van der Waals surface area contributed by atoms with E-state index >= 15 is 0 Å². The molecule has 13 N–H and O–H groups in total. The molecule has 0 radical (unpaired) electrons. The highest BCUT2D eigenvalue weighted by atomic mass is 16.7. The van der Waals surface area contributed by atoms with Gasteiger partial charge in [0, 0.05) is 12.8 Å². The molecule has 0 aliphatic carbocycles. The normalized spacial score (nSPS) is 26.7. The zero-order valence-electron chi connectivity index (χ0n) is 43.6. The summed E-state index contributed by atoms with van der Waals surface area (Å²) >= 11 is 0. The molecule has 20 nitrogen and oxygen atoms in total. The average Bonchev–Trinajstić information content (AvgIpc) is 3.37. The first kappa shape index (κ1) is 66.0. The summed E-state index contributed by atoms with van der Waals surface area (Å²) in [6.07, 6.45) is 9.13. The van der Waals surface area contributed by atoms with Gasteiger partial charge in [-0.15, -0.1) is 0 Å². The second-order valence-corrected chi connectivity index (χ2v) is 20.3. The molecule has 72 heavy (non-hydrogen) atoms. The number of carboxylic acid groups (broad SMARTS) is 1. The molecule has 2 aliphatic heterocycles. The fourth-order valence-electron chi connectivity index (χ4n) is 9.50. The minimum atomic E-state index is -2.86. The van der Waals surface area contributed by atoms with Crippen LogP contribution in [0.5, 0.6) is 0 Å². The van der Waals surface area contributed by atoms with Gasteiger partial charge in [-0.05, 0) is 12.8 Å². The number of carbonyl (C=O) groups is 3. The number of amides is 2. The van der Waals surface area contributed by atoms with E-state index in [2.05, 4.69) is 24.5 Å². The minimum absolute atomic E-state index is 0.149. The van der Waals surface area contributed by atoms with Gasteiger partial charge < -0.3 is 85.8 Å². The van der Waals surface area contributed by atoms with E-state index in [1.54, 1.807) is 0 Å². The SMILES string of the molecule is CCCCCCCCCCCCCCCCCC(=O)NC(COC1OC(COC2(C(=O)O)CC(O)C(NC(=O)CO)C(C(O)C(O)CO)O2)C(O)C(O)C1O)C(O)C(O)CCCCCCCCCCCCC. The number of carboxylic acids is 1. The summed E-state index contributed by atoms with van der Waals surface area (Å²) in [6, 6.07) is -2.83. The van der Waals surface area contributed by atoms with Gasteiger partial charge in [0.25, 0.3) is 5.79 Å². The van der Waals surface area contributed by atoms with Crippen LogP contribution < -0.4 is 10.6 Å². The number of carbonyl (C=O) groups excluding carboxylic acids is 2. The van der Waals surface area contributed by atoms with E-state index in [0.29, 0.717) is 12.8 Å². The van der Waals surface area contributed by atoms with Crippen molar-refractivity contribution in [2.24, 2.45) is 0 Å². The average molecular weight is 1040 g/mol. The first-order valence-electron chi connectivity index (χ1n) is 27.6. The molecule has 2 saturated heterocycles. The zero-order chi connectivity index (χ0) is 53.3. The van der Waals surface area contributed by atoms with Gasteiger partial charge in [-0.3, -0.25) is 9.59 Å². The lowest BCUT2D eigenvalue weighted by Gasteiger charge is -2.47. The summed E-state index contributed by atoms with van der Waals surface area (Å²) in [5.74, 6) is -6.18. The number of nitrogens with one attached hydrogen (secondary N) is 2. The van der Waals surface area contributed by atoms with Gasteiger partial charge in [-0.1, -0.05) is 174 Å². The monoisotopic (exact) mass is 1040 g/mol. The van der Waals surface area contributed by atoms with E-state index in [1.165, 1.54) is 103 Å². The van der Waals surface area contributed by atoms with Crippen LogP contribution in [0.3, 0.4) is 0 Å². The lowest BCUT2D eigenvalue weighted by molar-refractivity contribution is -0.339. The molecule has 2 rings (SSSR count). The van der Waals surface area contributed by atoms with Crippen LogP contribution in [0.1, 0.15) is 200 Å². The second kappa shape index (κ2) is 38.4. The van der Waals surface area contributed by atoms with Crippen molar-refractivity contribution in [1.82, 2.24) is 10.6 Å². The molecular formula is C52H98N2O18. The quantitative estimate of drug-likeness (QED) is 0.0390. The smallest absolute Gasteiger partial charge is 0.364 e. The van der Waals surface area contributed by atoms with Crippen LogP contribution in [-0.4, -0.2) is 186 Å². The summed E-state index contributed by atoms with van der Waals surface area (Å²) in [5.41, 5.74) is 0. The summed E-state index contributed by atoms with van der Waals surface area (Å²) in [7, 11) is 0. The lowest BCUT2D eigenvalue weighted by atomic mass is 9.88. The standard InChI is InChI=1S/C52H98N2O18/c1-3-5-7-9-11-13-15-16-17-18-20-22-24-26-28-30-41(60)53-36(44(62)37(57)29-27-25-23-21-19-14-12-10-8-6-4-2)34-69-50-48(66)47(65)46(64)40(71-50)35-70-52(51(67)68)31-38(58)43(54-42(61)33-56)49(72-52)45(63)39(59)32-55/h36-40,43-50,55-59,62-66H,3-35H2,1-2H3,(H,53,60)(H,54,61)(H,67,68). The minimum Gasteiger partial charge on any atom is -0.477 e. The Balaban J connectivity index is 2.07. The predicted molar refractivity (Wildman–Crippen MR) is 267 cm³/mol. The fraction of sp³-hybridized carbons (Fsp3) is 0.942. The van der Waals surface area contributed by atoms with Crippen LogP contribution in [0, 0.1) is 0 Å². The largest absolute Gasteiger partial charge is 0.477 e. The topological polar surface area (TPSA) is 335 Å². The van der Waals surface area contributed by atoms with Gasteiger partial charge >= 0.3 is 5.97 Å². The van der Waals surface area contributed by atoms with E-state index in [1.807, 2.05) is 0 Å². The van der Waals surface area contributed by atoms with Crippen molar-refractivity contribution >= 4 is 17.8 Å². The van der Waals surface area contributed by atoms with E-state index in [0.717, 1.165) is 51.4 Å². The second-order valence-electron chi connectivity index (χ2n) is 20.3. The highest BCUT2D eigenvalue weighted by Crippen LogP contribution is 2.35. The molecule has 0 spiro atoms.